The molecule has 3 N–H and O–H groups in total. The van der Waals surface area contributed by atoms with E-state index in [1.54, 1.807) is 0 Å². The molecule has 3 amide bonds. The Labute approximate surface area is 233 Å². The fraction of sp³-hybridized carbons (Fsp3) is 0.381. The molecular weight excluding hydrogens is 570 g/mol. The highest BCUT2D eigenvalue weighted by Crippen LogP contribution is 2.44. The van der Waals surface area contributed by atoms with Crippen molar-refractivity contribution >= 4 is 69.9 Å². The maximum atomic E-state index is 13.1. The summed E-state index contributed by atoms with van der Waals surface area (Å²) in [5, 5.41) is 31.8. The second-order valence-electron chi connectivity index (χ2n) is 8.14. The van der Waals surface area contributed by atoms with Gasteiger partial charge in [-0.15, -0.1) is 34.6 Å². The van der Waals surface area contributed by atoms with E-state index in [0.29, 0.717) is 11.6 Å². The summed E-state index contributed by atoms with van der Waals surface area (Å²) in [4.78, 5) is 59.8. The minimum absolute atomic E-state index is 0.0271. The van der Waals surface area contributed by atoms with Crippen LogP contribution >= 0.6 is 34.9 Å². The number of nitrogens with zero attached hydrogens (tertiary/aromatic N) is 7. The number of carboxylic acids is 1. The third-order valence-corrected chi connectivity index (χ3v) is 9.20. The van der Waals surface area contributed by atoms with E-state index in [1.807, 2.05) is 0 Å². The summed E-state index contributed by atoms with van der Waals surface area (Å²) in [5.41, 5.74) is -1.32. The molecule has 2 unspecified atom stereocenters. The Balaban J connectivity index is 1.43. The summed E-state index contributed by atoms with van der Waals surface area (Å²) in [5.74, 6) is 0.507. The van der Waals surface area contributed by atoms with Crippen LogP contribution in [0.1, 0.15) is 5.69 Å². The third kappa shape index (κ3) is 5.89. The number of carbonyl (C=O) groups is 4. The standard InChI is InChI=1S/C21H21N9O6S3/c1-3-5-30-20(25-27-28-30)39-10-21(18(34)35)8-29-16(33)14(17(29)38-9-21)24-15(32)13(26-36-6-4-2)12-7-37-19(23-12)22-11-31/h1,4,7,11,14,17H,2,5-6,8-10H2,(H,24,32)(H,34,35)(H,22,23,31)/t14?,17-,21?/m1/s1. The summed E-state index contributed by atoms with van der Waals surface area (Å²) in [6, 6.07) is -0.902. The number of aliphatic carboxylic acids is 1. The van der Waals surface area contributed by atoms with E-state index in [1.165, 1.54) is 32.8 Å². The number of fused-ring (bicyclic) bond motifs is 1. The molecule has 2 fully saturated rings. The number of oxime groups is 1. The molecule has 2 aromatic rings. The Morgan fingerprint density at radius 1 is 1.49 bits per heavy atom. The number of nitrogens with one attached hydrogen (secondary N) is 2. The number of hydrogen-bond donors (Lipinski definition) is 3. The van der Waals surface area contributed by atoms with Crippen LogP contribution in [-0.4, -0.2) is 101 Å². The van der Waals surface area contributed by atoms with Crippen molar-refractivity contribution < 1.29 is 29.1 Å². The van der Waals surface area contributed by atoms with Gasteiger partial charge in [0, 0.05) is 23.4 Å². The summed E-state index contributed by atoms with van der Waals surface area (Å²) in [6.45, 7) is 3.64. The lowest BCUT2D eigenvalue weighted by Crippen LogP contribution is -2.74. The number of aromatic nitrogens is 5. The number of tetrazole rings is 1. The molecular formula is C21H21N9O6S3. The first kappa shape index (κ1) is 28.1. The van der Waals surface area contributed by atoms with Gasteiger partial charge in [-0.2, -0.15) is 0 Å². The van der Waals surface area contributed by atoms with E-state index in [2.05, 4.69) is 48.8 Å². The summed E-state index contributed by atoms with van der Waals surface area (Å²) in [7, 11) is 0. The first-order chi connectivity index (χ1) is 18.8. The highest BCUT2D eigenvalue weighted by molar-refractivity contribution is 8.00. The van der Waals surface area contributed by atoms with Crippen molar-refractivity contribution in [1.29, 1.82) is 0 Å². The van der Waals surface area contributed by atoms with Gasteiger partial charge in [0.1, 0.15) is 35.7 Å². The van der Waals surface area contributed by atoms with Gasteiger partial charge in [-0.1, -0.05) is 35.5 Å². The quantitative estimate of drug-likeness (QED) is 0.0396. The molecule has 0 aliphatic carbocycles. The van der Waals surface area contributed by atoms with Crippen molar-refractivity contribution in [2.24, 2.45) is 10.6 Å². The van der Waals surface area contributed by atoms with Crippen LogP contribution in [0.25, 0.3) is 0 Å². The molecule has 2 aromatic heterocycles. The molecule has 0 radical (unpaired) electrons. The Morgan fingerprint density at radius 2 is 2.31 bits per heavy atom. The van der Waals surface area contributed by atoms with Gasteiger partial charge < -0.3 is 25.5 Å². The highest BCUT2D eigenvalue weighted by Gasteiger charge is 2.57. The maximum Gasteiger partial charge on any atom is 0.313 e. The lowest BCUT2D eigenvalue weighted by molar-refractivity contribution is -0.157. The Kier molecular flexibility index (Phi) is 8.83. The van der Waals surface area contributed by atoms with Crippen LogP contribution in [0.15, 0.2) is 28.3 Å². The van der Waals surface area contributed by atoms with Crippen LogP contribution < -0.4 is 10.6 Å². The topological polar surface area (TPSA) is 194 Å². The fourth-order valence-corrected chi connectivity index (χ4v) is 7.05. The van der Waals surface area contributed by atoms with E-state index < -0.39 is 34.6 Å². The summed E-state index contributed by atoms with van der Waals surface area (Å²) >= 11 is 3.47. The fourth-order valence-electron chi connectivity index (χ4n) is 3.66. The number of carbonyl (C=O) groups excluding carboxylic acids is 3. The number of terminal acetylenes is 1. The Bertz CT molecular complexity index is 1350. The number of β-lactam (4-membered cyclic amide) rings is 1. The van der Waals surface area contributed by atoms with Gasteiger partial charge in [-0.05, 0) is 10.4 Å². The average Bonchev–Trinajstić information content (AvgIpc) is 3.58. The molecule has 39 heavy (non-hydrogen) atoms. The van der Waals surface area contributed by atoms with Crippen LogP contribution in [0.2, 0.25) is 0 Å². The zero-order valence-corrected chi connectivity index (χ0v) is 22.5. The number of amides is 3. The SMILES string of the molecule is C#CCn1nnnc1SCC1(C(=O)O)CS[C@@H]2C(NC(=O)C(=NOCC=C)c3csc(NC=O)n3)C(=O)N2C1. The van der Waals surface area contributed by atoms with Crippen molar-refractivity contribution in [3.05, 3.63) is 23.7 Å². The molecule has 2 saturated heterocycles. The predicted molar refractivity (Wildman–Crippen MR) is 142 cm³/mol. The Morgan fingerprint density at radius 3 is 3.03 bits per heavy atom. The molecule has 0 bridgehead atoms. The number of hydrogen-bond acceptors (Lipinski definition) is 13. The van der Waals surface area contributed by atoms with Gasteiger partial charge in [-0.25, -0.2) is 9.67 Å². The zero-order valence-electron chi connectivity index (χ0n) is 20.1. The monoisotopic (exact) mass is 591 g/mol. The van der Waals surface area contributed by atoms with E-state index in [9.17, 15) is 24.3 Å². The minimum Gasteiger partial charge on any atom is -0.481 e. The van der Waals surface area contributed by atoms with E-state index in [4.69, 9.17) is 11.3 Å². The number of rotatable bonds is 13. The van der Waals surface area contributed by atoms with Crippen molar-refractivity contribution in [3.63, 3.8) is 0 Å². The normalized spacial score (nSPS) is 22.2. The largest absolute Gasteiger partial charge is 0.481 e. The molecule has 18 heteroatoms. The van der Waals surface area contributed by atoms with Crippen molar-refractivity contribution in [2.45, 2.75) is 23.1 Å². The van der Waals surface area contributed by atoms with Gasteiger partial charge >= 0.3 is 5.97 Å². The number of thiazole rings is 1. The number of anilines is 1. The van der Waals surface area contributed by atoms with E-state index in [-0.39, 0.29) is 47.7 Å². The van der Waals surface area contributed by atoms with Crippen LogP contribution in [0.3, 0.4) is 0 Å². The maximum absolute atomic E-state index is 13.1. The summed E-state index contributed by atoms with van der Waals surface area (Å²) < 4.78 is 1.39. The predicted octanol–water partition coefficient (Wildman–Crippen LogP) is -0.499. The molecule has 0 aromatic carbocycles. The highest BCUT2D eigenvalue weighted by atomic mass is 32.2. The molecule has 2 aliphatic rings. The number of carboxylic acid groups (broad SMARTS) is 1. The zero-order chi connectivity index (χ0) is 28.0. The second-order valence-corrected chi connectivity index (χ2v) is 11.0. The molecule has 0 saturated carbocycles. The van der Waals surface area contributed by atoms with Crippen LogP contribution in [0.5, 0.6) is 0 Å². The molecule has 0 spiro atoms. The molecule has 4 rings (SSSR count). The smallest absolute Gasteiger partial charge is 0.313 e. The van der Waals surface area contributed by atoms with Gasteiger partial charge in [-0.3, -0.25) is 19.2 Å². The third-order valence-electron chi connectivity index (χ3n) is 5.60. The van der Waals surface area contributed by atoms with Crippen molar-refractivity contribution in [3.8, 4) is 12.3 Å². The van der Waals surface area contributed by atoms with Gasteiger partial charge in [0.25, 0.3) is 5.91 Å². The Hall–Kier alpha value is -3.95. The van der Waals surface area contributed by atoms with Gasteiger partial charge in [0.2, 0.25) is 17.5 Å². The second kappa shape index (κ2) is 12.3. The first-order valence-corrected chi connectivity index (χ1v) is 14.0. The van der Waals surface area contributed by atoms with Gasteiger partial charge in [0.15, 0.2) is 10.8 Å². The average molecular weight is 592 g/mol. The minimum atomic E-state index is -1.27. The van der Waals surface area contributed by atoms with Gasteiger partial charge in [0.05, 0.1) is 0 Å². The van der Waals surface area contributed by atoms with Crippen LogP contribution in [0, 0.1) is 17.8 Å². The van der Waals surface area contributed by atoms with Crippen LogP contribution in [-0.2, 0) is 30.6 Å². The molecule has 15 nitrogen and oxygen atoms in total. The van der Waals surface area contributed by atoms with Crippen LogP contribution in [0.4, 0.5) is 5.13 Å². The molecule has 204 valence electrons. The van der Waals surface area contributed by atoms with E-state index >= 15 is 0 Å². The van der Waals surface area contributed by atoms with Crippen molar-refractivity contribution in [1.82, 2.24) is 35.4 Å². The molecule has 2 aliphatic heterocycles. The lowest BCUT2D eigenvalue weighted by atomic mass is 9.89. The molecule has 4 heterocycles. The number of thioether (sulfide) groups is 2. The lowest BCUT2D eigenvalue weighted by Gasteiger charge is -2.53. The summed E-state index contributed by atoms with van der Waals surface area (Å²) in [6.07, 6.45) is 7.20. The first-order valence-electron chi connectivity index (χ1n) is 11.1. The van der Waals surface area contributed by atoms with Crippen molar-refractivity contribution in [2.75, 3.05) is 30.0 Å². The molecule has 3 atom stereocenters. The van der Waals surface area contributed by atoms with E-state index in [0.717, 1.165) is 23.1 Å².